The van der Waals surface area contributed by atoms with Gasteiger partial charge in [0, 0.05) is 40.1 Å². The van der Waals surface area contributed by atoms with E-state index in [0.717, 1.165) is 12.8 Å². The Kier molecular flexibility index (Phi) is 11.2. The fraction of sp³-hybridized carbons (Fsp3) is 0.250. The number of unbranched alkanes of at least 4 members (excludes halogenated alkanes) is 1. The van der Waals surface area contributed by atoms with E-state index in [1.54, 1.807) is 18.3 Å². The number of hydrazine groups is 1. The summed E-state index contributed by atoms with van der Waals surface area (Å²) in [7, 11) is 0. The van der Waals surface area contributed by atoms with E-state index in [1.165, 1.54) is 69.6 Å². The Morgan fingerprint density at radius 2 is 1.89 bits per heavy atom. The van der Waals surface area contributed by atoms with Crippen LogP contribution < -0.4 is 26.8 Å². The molecular formula is C32H34Cl2FN7O3. The molecule has 0 spiro atoms. The number of rotatable bonds is 11. The molecule has 45 heavy (non-hydrogen) atoms. The van der Waals surface area contributed by atoms with Crippen LogP contribution in [0.2, 0.25) is 5.02 Å². The van der Waals surface area contributed by atoms with E-state index in [0.29, 0.717) is 44.7 Å². The number of allylic oxidation sites excluding steroid dienone is 5. The fourth-order valence-corrected chi connectivity index (χ4v) is 5.30. The minimum atomic E-state index is -1.12. The van der Waals surface area contributed by atoms with Gasteiger partial charge in [0.1, 0.15) is 24.9 Å². The van der Waals surface area contributed by atoms with Gasteiger partial charge < -0.3 is 21.4 Å². The summed E-state index contributed by atoms with van der Waals surface area (Å²) < 4.78 is 13.6. The van der Waals surface area contributed by atoms with Gasteiger partial charge in [-0.1, -0.05) is 48.7 Å². The third-order valence-corrected chi connectivity index (χ3v) is 7.82. The van der Waals surface area contributed by atoms with Crippen molar-refractivity contribution in [2.45, 2.75) is 38.6 Å². The van der Waals surface area contributed by atoms with E-state index < -0.39 is 36.1 Å². The second kappa shape index (κ2) is 15.0. The highest BCUT2D eigenvalue weighted by atomic mass is 35.5. The van der Waals surface area contributed by atoms with Crippen LogP contribution in [0.25, 0.3) is 0 Å². The standard InChI is InChI=1S/C32H34Cl2FN7O3/c1-2-3-4-23(34)17-42(38)27-12-7-22(33)15-28(27)40-18-31(44)41(19-30(40)43)29(13-20-5-8-24(35)9-6-20)32(45)39-25-10-11-26(37)21(14-25)16-36/h5-12,14-17,29,37H,2-4,13,18-19,36,38H2,1H3,(H,39,45)/b21-16-,23-17+,37-26?. The summed E-state index contributed by atoms with van der Waals surface area (Å²) in [5.41, 5.74) is 7.81. The quantitative estimate of drug-likeness (QED) is 0.205. The number of nitrogens with zero attached hydrogens (tertiary/aromatic N) is 3. The third kappa shape index (κ3) is 8.39. The lowest BCUT2D eigenvalue weighted by atomic mass is 10.0. The molecule has 10 nitrogen and oxygen atoms in total. The van der Waals surface area contributed by atoms with E-state index in [-0.39, 0.29) is 18.7 Å². The zero-order chi connectivity index (χ0) is 32.7. The molecule has 2 aromatic carbocycles. The number of halogens is 3. The molecule has 236 valence electrons. The zero-order valence-electron chi connectivity index (χ0n) is 24.6. The number of piperazine rings is 1. The van der Waals surface area contributed by atoms with Crippen LogP contribution in [0.5, 0.6) is 0 Å². The molecule has 1 unspecified atom stereocenters. The molecule has 4 rings (SSSR count). The highest BCUT2D eigenvalue weighted by Gasteiger charge is 2.39. The van der Waals surface area contributed by atoms with Crippen LogP contribution >= 0.6 is 23.2 Å². The molecule has 1 fully saturated rings. The largest absolute Gasteiger partial charge is 0.404 e. The van der Waals surface area contributed by atoms with E-state index in [4.69, 9.17) is 40.2 Å². The van der Waals surface area contributed by atoms with Gasteiger partial charge in [-0.25, -0.2) is 10.2 Å². The molecule has 0 aromatic heterocycles. The highest BCUT2D eigenvalue weighted by molar-refractivity contribution is 6.31. The lowest BCUT2D eigenvalue weighted by molar-refractivity contribution is -0.145. The summed E-state index contributed by atoms with van der Waals surface area (Å²) in [6.07, 6.45) is 9.81. The van der Waals surface area contributed by atoms with Crippen molar-refractivity contribution >= 4 is 58.0 Å². The monoisotopic (exact) mass is 653 g/mol. The van der Waals surface area contributed by atoms with E-state index in [2.05, 4.69) is 5.32 Å². The van der Waals surface area contributed by atoms with Gasteiger partial charge in [-0.2, -0.15) is 0 Å². The van der Waals surface area contributed by atoms with Crippen LogP contribution in [0.15, 0.2) is 89.4 Å². The molecule has 1 heterocycles. The number of carbonyl (C=O) groups excluding carboxylic acids is 3. The minimum Gasteiger partial charge on any atom is -0.404 e. The van der Waals surface area contributed by atoms with E-state index in [9.17, 15) is 18.8 Å². The Hall–Kier alpha value is -4.45. The van der Waals surface area contributed by atoms with Crippen LogP contribution in [0.1, 0.15) is 31.7 Å². The highest BCUT2D eigenvalue weighted by Crippen LogP contribution is 2.34. The summed E-state index contributed by atoms with van der Waals surface area (Å²) in [5, 5.41) is 12.8. The van der Waals surface area contributed by atoms with Crippen molar-refractivity contribution in [3.05, 3.63) is 106 Å². The molecule has 1 saturated heterocycles. The second-order valence-corrected chi connectivity index (χ2v) is 11.4. The molecule has 0 bridgehead atoms. The molecule has 6 N–H and O–H groups in total. The Bertz CT molecular complexity index is 1600. The smallest absolute Gasteiger partial charge is 0.247 e. The van der Waals surface area contributed by atoms with Crippen molar-refractivity contribution in [2.75, 3.05) is 23.0 Å². The molecule has 13 heteroatoms. The van der Waals surface area contributed by atoms with Gasteiger partial charge in [-0.3, -0.25) is 24.3 Å². The number of nitrogens with two attached hydrogens (primary N) is 2. The van der Waals surface area contributed by atoms with Crippen LogP contribution in [0.3, 0.4) is 0 Å². The van der Waals surface area contributed by atoms with Crippen molar-refractivity contribution < 1.29 is 18.8 Å². The average Bonchev–Trinajstić information content (AvgIpc) is 3.01. The minimum absolute atomic E-state index is 0.0115. The van der Waals surface area contributed by atoms with Crippen LogP contribution in [-0.2, 0) is 20.8 Å². The summed E-state index contributed by atoms with van der Waals surface area (Å²) in [4.78, 5) is 43.5. The number of nitrogens with one attached hydrogen (secondary N) is 2. The van der Waals surface area contributed by atoms with Gasteiger partial charge >= 0.3 is 0 Å². The average molecular weight is 655 g/mol. The maximum atomic E-state index is 13.7. The molecular weight excluding hydrogens is 620 g/mol. The molecule has 0 saturated carbocycles. The number of carbonyl (C=O) groups is 3. The zero-order valence-corrected chi connectivity index (χ0v) is 26.1. The fourth-order valence-electron chi connectivity index (χ4n) is 4.89. The Morgan fingerprint density at radius 3 is 2.58 bits per heavy atom. The Labute approximate surface area is 270 Å². The van der Waals surface area contributed by atoms with Gasteiger partial charge in [0.15, 0.2) is 0 Å². The van der Waals surface area contributed by atoms with Gasteiger partial charge in [0.05, 0.1) is 17.1 Å². The van der Waals surface area contributed by atoms with Gasteiger partial charge in [-0.15, -0.1) is 0 Å². The molecule has 2 aliphatic rings. The van der Waals surface area contributed by atoms with Crippen LogP contribution in [0.4, 0.5) is 15.8 Å². The van der Waals surface area contributed by atoms with Gasteiger partial charge in [-0.05, 0) is 67.0 Å². The first-order valence-corrected chi connectivity index (χ1v) is 15.0. The molecule has 3 amide bonds. The number of hydrogen-bond donors (Lipinski definition) is 4. The van der Waals surface area contributed by atoms with Crippen LogP contribution in [-0.4, -0.2) is 47.5 Å². The summed E-state index contributed by atoms with van der Waals surface area (Å²) in [6, 6.07) is 9.20. The number of amides is 3. The topological polar surface area (TPSA) is 149 Å². The number of anilines is 2. The number of hydrogen-bond acceptors (Lipinski definition) is 7. The van der Waals surface area contributed by atoms with E-state index in [1.807, 2.05) is 6.92 Å². The third-order valence-electron chi connectivity index (χ3n) is 7.29. The van der Waals surface area contributed by atoms with Gasteiger partial charge in [0.25, 0.3) is 0 Å². The normalized spacial score (nSPS) is 17.1. The molecule has 1 atom stereocenters. The first kappa shape index (κ1) is 33.4. The maximum Gasteiger partial charge on any atom is 0.247 e. The second-order valence-electron chi connectivity index (χ2n) is 10.5. The molecule has 1 aliphatic carbocycles. The lowest BCUT2D eigenvalue weighted by Crippen LogP contribution is -2.60. The number of benzene rings is 2. The first-order chi connectivity index (χ1) is 21.5. The van der Waals surface area contributed by atoms with Crippen LogP contribution in [0, 0.1) is 11.2 Å². The molecule has 0 radical (unpaired) electrons. The van der Waals surface area contributed by atoms with Crippen molar-refractivity contribution in [1.82, 2.24) is 10.2 Å². The van der Waals surface area contributed by atoms with E-state index >= 15 is 0 Å². The molecule has 2 aromatic rings. The van der Waals surface area contributed by atoms with Gasteiger partial charge in [0.2, 0.25) is 17.7 Å². The lowest BCUT2D eigenvalue weighted by Gasteiger charge is -2.39. The summed E-state index contributed by atoms with van der Waals surface area (Å²) in [6.45, 7) is 1.24. The predicted octanol–water partition coefficient (Wildman–Crippen LogP) is 4.65. The van der Waals surface area contributed by atoms with Crippen molar-refractivity contribution in [3.8, 4) is 0 Å². The van der Waals surface area contributed by atoms with Crippen molar-refractivity contribution in [1.29, 1.82) is 5.41 Å². The summed E-state index contributed by atoms with van der Waals surface area (Å²) >= 11 is 12.7. The maximum absolute atomic E-state index is 13.7. The predicted molar refractivity (Wildman–Crippen MR) is 175 cm³/mol. The molecule has 1 aliphatic heterocycles. The summed E-state index contributed by atoms with van der Waals surface area (Å²) in [5.74, 6) is 4.32. The first-order valence-electron chi connectivity index (χ1n) is 14.3. The Balaban J connectivity index is 1.62. The Morgan fingerprint density at radius 1 is 1.16 bits per heavy atom. The van der Waals surface area contributed by atoms with Crippen molar-refractivity contribution in [2.24, 2.45) is 11.6 Å². The van der Waals surface area contributed by atoms with Crippen molar-refractivity contribution in [3.63, 3.8) is 0 Å². The SMILES string of the molecule is CCCC/C(Cl)=C\N(N)c1ccc(Cl)cc1N1CC(=O)N(C(Cc2ccc(F)cc2)C(=O)NC2=C/C(=C/N)C(=N)C=C2)CC1=O.